The molecule has 1 aliphatic rings. The summed E-state index contributed by atoms with van der Waals surface area (Å²) in [5.41, 5.74) is 1.50. The van der Waals surface area contributed by atoms with Gasteiger partial charge in [-0.05, 0) is 38.8 Å². The van der Waals surface area contributed by atoms with Crippen LogP contribution in [0.15, 0.2) is 35.5 Å². The fraction of sp³-hybridized carbons (Fsp3) is 0.444. The van der Waals surface area contributed by atoms with Crippen molar-refractivity contribution in [2.45, 2.75) is 39.3 Å². The van der Waals surface area contributed by atoms with E-state index in [2.05, 4.69) is 20.6 Å². The van der Waals surface area contributed by atoms with Crippen molar-refractivity contribution in [1.82, 2.24) is 19.9 Å². The maximum Gasteiger partial charge on any atom is 0.319 e. The monoisotopic (exact) mass is 356 g/mol. The molecule has 3 heterocycles. The first-order valence-corrected chi connectivity index (χ1v) is 8.87. The van der Waals surface area contributed by atoms with Gasteiger partial charge < -0.3 is 20.1 Å². The minimum atomic E-state index is -0.236. The van der Waals surface area contributed by atoms with Gasteiger partial charge in [0.15, 0.2) is 5.82 Å². The number of hydrogen-bond donors (Lipinski definition) is 2. The number of urea groups is 1. The molecule has 2 aromatic heterocycles. The number of nitrogens with zero attached hydrogens (tertiary/aromatic N) is 4. The van der Waals surface area contributed by atoms with E-state index in [0.29, 0.717) is 31.1 Å². The minimum Gasteiger partial charge on any atom is -0.352 e. The Morgan fingerprint density at radius 2 is 2.04 bits per heavy atom. The number of carbonyl (C=O) groups excluding carboxylic acids is 1. The quantitative estimate of drug-likeness (QED) is 0.871. The minimum absolute atomic E-state index is 0.0639. The number of pyridine rings is 1. The van der Waals surface area contributed by atoms with Crippen LogP contribution in [0, 0.1) is 6.92 Å². The summed E-state index contributed by atoms with van der Waals surface area (Å²) in [6.07, 6.45) is 6.53. The highest BCUT2D eigenvalue weighted by atomic mass is 16.2. The summed E-state index contributed by atoms with van der Waals surface area (Å²) in [5, 5.41) is 5.77. The van der Waals surface area contributed by atoms with Gasteiger partial charge in [-0.3, -0.25) is 9.78 Å². The van der Waals surface area contributed by atoms with Crippen molar-refractivity contribution < 1.29 is 4.79 Å². The molecule has 0 radical (unpaired) electrons. The van der Waals surface area contributed by atoms with Crippen molar-refractivity contribution in [2.75, 3.05) is 23.3 Å². The summed E-state index contributed by atoms with van der Waals surface area (Å²) in [7, 11) is 0. The van der Waals surface area contributed by atoms with Crippen molar-refractivity contribution >= 4 is 17.5 Å². The molecule has 1 saturated heterocycles. The van der Waals surface area contributed by atoms with Gasteiger partial charge in [0.2, 0.25) is 0 Å². The van der Waals surface area contributed by atoms with E-state index in [1.807, 2.05) is 30.9 Å². The Hall–Kier alpha value is -2.90. The van der Waals surface area contributed by atoms with Crippen LogP contribution in [0.4, 0.5) is 16.3 Å². The summed E-state index contributed by atoms with van der Waals surface area (Å²) >= 11 is 0. The number of carbonyl (C=O) groups is 1. The molecule has 2 N–H and O–H groups in total. The molecule has 138 valence electrons. The van der Waals surface area contributed by atoms with Gasteiger partial charge in [0.25, 0.3) is 5.56 Å². The molecule has 3 rings (SSSR count). The number of anilines is 2. The van der Waals surface area contributed by atoms with Crippen LogP contribution in [0.2, 0.25) is 0 Å². The van der Waals surface area contributed by atoms with E-state index >= 15 is 0 Å². The normalized spacial score (nSPS) is 14.9. The molecule has 2 aromatic rings. The first-order valence-electron chi connectivity index (χ1n) is 8.87. The Morgan fingerprint density at radius 1 is 1.27 bits per heavy atom. The molecular formula is C18H24N6O2. The van der Waals surface area contributed by atoms with Crippen LogP contribution in [0.3, 0.4) is 0 Å². The lowest BCUT2D eigenvalue weighted by Crippen LogP contribution is -2.47. The van der Waals surface area contributed by atoms with E-state index in [1.54, 1.807) is 23.2 Å². The number of amides is 2. The van der Waals surface area contributed by atoms with Gasteiger partial charge >= 0.3 is 6.03 Å². The average molecular weight is 356 g/mol. The largest absolute Gasteiger partial charge is 0.352 e. The third-order valence-corrected chi connectivity index (χ3v) is 4.54. The first-order chi connectivity index (χ1) is 12.6. The Labute approximate surface area is 152 Å². The summed E-state index contributed by atoms with van der Waals surface area (Å²) in [5.74, 6) is 0.489. The van der Waals surface area contributed by atoms with Crippen molar-refractivity contribution in [2.24, 2.45) is 0 Å². The highest BCUT2D eigenvalue weighted by Crippen LogP contribution is 2.15. The summed E-state index contributed by atoms with van der Waals surface area (Å²) in [6.45, 7) is 5.83. The molecule has 2 amide bonds. The van der Waals surface area contributed by atoms with E-state index in [9.17, 15) is 9.59 Å². The third-order valence-electron chi connectivity index (χ3n) is 4.54. The Bertz CT molecular complexity index is 809. The van der Waals surface area contributed by atoms with Crippen LogP contribution in [-0.2, 0) is 6.54 Å². The van der Waals surface area contributed by atoms with Crippen LogP contribution in [-0.4, -0.2) is 39.7 Å². The predicted octanol–water partition coefficient (Wildman–Crippen LogP) is 1.76. The van der Waals surface area contributed by atoms with Crippen LogP contribution < -0.4 is 21.1 Å². The Balaban J connectivity index is 1.53. The molecule has 0 spiro atoms. The second-order valence-corrected chi connectivity index (χ2v) is 6.39. The lowest BCUT2D eigenvalue weighted by molar-refractivity contribution is 0.246. The molecule has 26 heavy (non-hydrogen) atoms. The second-order valence-electron chi connectivity index (χ2n) is 6.39. The van der Waals surface area contributed by atoms with Crippen LogP contribution in [0.1, 0.15) is 25.5 Å². The molecule has 0 atom stereocenters. The molecule has 1 fully saturated rings. The van der Waals surface area contributed by atoms with Crippen LogP contribution in [0.25, 0.3) is 0 Å². The number of nitrogens with one attached hydrogen (secondary N) is 2. The van der Waals surface area contributed by atoms with Crippen molar-refractivity contribution in [3.8, 4) is 0 Å². The number of rotatable bonds is 4. The second kappa shape index (κ2) is 7.99. The molecule has 8 heteroatoms. The summed E-state index contributed by atoms with van der Waals surface area (Å²) < 4.78 is 1.65. The SMILES string of the molecule is CCn1ccnc(N2CCC(NC(=O)Nc3ccc(C)nc3)CC2)c1=O. The van der Waals surface area contributed by atoms with Gasteiger partial charge in [0.05, 0.1) is 11.9 Å². The molecule has 0 aromatic carbocycles. The molecule has 0 saturated carbocycles. The van der Waals surface area contributed by atoms with Gasteiger partial charge in [-0.2, -0.15) is 0 Å². The predicted molar refractivity (Wildman–Crippen MR) is 101 cm³/mol. The molecular weight excluding hydrogens is 332 g/mol. The van der Waals surface area contributed by atoms with Crippen LogP contribution in [0.5, 0.6) is 0 Å². The molecule has 0 aliphatic carbocycles. The maximum atomic E-state index is 12.4. The van der Waals surface area contributed by atoms with E-state index in [1.165, 1.54) is 0 Å². The van der Waals surface area contributed by atoms with E-state index < -0.39 is 0 Å². The molecule has 1 aliphatic heterocycles. The fourth-order valence-electron chi connectivity index (χ4n) is 3.03. The van der Waals surface area contributed by atoms with Gasteiger partial charge in [0.1, 0.15) is 0 Å². The van der Waals surface area contributed by atoms with E-state index in [0.717, 1.165) is 18.5 Å². The van der Waals surface area contributed by atoms with Gasteiger partial charge in [-0.25, -0.2) is 9.78 Å². The lowest BCUT2D eigenvalue weighted by atomic mass is 10.1. The fourth-order valence-corrected chi connectivity index (χ4v) is 3.03. The Morgan fingerprint density at radius 3 is 2.69 bits per heavy atom. The topological polar surface area (TPSA) is 92.2 Å². The van der Waals surface area contributed by atoms with Gasteiger partial charge in [0, 0.05) is 43.8 Å². The third kappa shape index (κ3) is 4.19. The van der Waals surface area contributed by atoms with Crippen molar-refractivity contribution in [3.05, 3.63) is 46.8 Å². The number of aryl methyl sites for hydroxylation is 2. The standard InChI is InChI=1S/C18H24N6O2/c1-3-23-11-8-19-16(17(23)25)24-9-6-14(7-10-24)21-18(26)22-15-5-4-13(2)20-12-15/h4-5,8,11-12,14H,3,6-7,9-10H2,1-2H3,(H2,21,22,26). The molecule has 0 bridgehead atoms. The van der Waals surface area contributed by atoms with E-state index in [-0.39, 0.29) is 17.6 Å². The molecule has 8 nitrogen and oxygen atoms in total. The zero-order valence-electron chi connectivity index (χ0n) is 15.1. The number of hydrogen-bond acceptors (Lipinski definition) is 5. The number of piperidine rings is 1. The smallest absolute Gasteiger partial charge is 0.319 e. The van der Waals surface area contributed by atoms with Crippen molar-refractivity contribution in [3.63, 3.8) is 0 Å². The number of aromatic nitrogens is 3. The van der Waals surface area contributed by atoms with Gasteiger partial charge in [-0.15, -0.1) is 0 Å². The highest BCUT2D eigenvalue weighted by molar-refractivity contribution is 5.89. The first kappa shape index (κ1) is 17.9. The lowest BCUT2D eigenvalue weighted by Gasteiger charge is -2.32. The van der Waals surface area contributed by atoms with Crippen molar-refractivity contribution in [1.29, 1.82) is 0 Å². The average Bonchev–Trinajstić information content (AvgIpc) is 2.64. The van der Waals surface area contributed by atoms with Gasteiger partial charge in [-0.1, -0.05) is 0 Å². The van der Waals surface area contributed by atoms with E-state index in [4.69, 9.17) is 0 Å². The Kier molecular flexibility index (Phi) is 5.50. The maximum absolute atomic E-state index is 12.4. The summed E-state index contributed by atoms with van der Waals surface area (Å²) in [6, 6.07) is 3.51. The zero-order valence-corrected chi connectivity index (χ0v) is 15.1. The molecule has 0 unspecified atom stereocenters. The van der Waals surface area contributed by atoms with Crippen LogP contribution >= 0.6 is 0 Å². The highest BCUT2D eigenvalue weighted by Gasteiger charge is 2.23. The zero-order chi connectivity index (χ0) is 18.5. The summed E-state index contributed by atoms with van der Waals surface area (Å²) in [4.78, 5) is 34.9.